The first-order valence-corrected chi connectivity index (χ1v) is 10.7. The molecule has 0 fully saturated rings. The largest absolute Gasteiger partial charge is 0.573 e. The molecule has 1 aromatic heterocycles. The van der Waals surface area contributed by atoms with Gasteiger partial charge in [0.1, 0.15) is 22.8 Å². The maximum Gasteiger partial charge on any atom is 0.573 e. The average molecular weight is 499 g/mol. The summed E-state index contributed by atoms with van der Waals surface area (Å²) < 4.78 is 46.7. The number of nitrogens with zero attached hydrogens (tertiary/aromatic N) is 1. The second kappa shape index (κ2) is 11.4. The van der Waals surface area contributed by atoms with Gasteiger partial charge < -0.3 is 25.2 Å². The van der Waals surface area contributed by atoms with Crippen molar-refractivity contribution in [3.05, 3.63) is 97.7 Å². The Kier molecular flexibility index (Phi) is 8.34. The van der Waals surface area contributed by atoms with Crippen LogP contribution in [0.4, 0.5) is 29.3 Å². The molecule has 0 atom stereocenters. The van der Waals surface area contributed by atoms with Gasteiger partial charge >= 0.3 is 12.4 Å². The number of anilines is 2. The average Bonchev–Trinajstić information content (AvgIpc) is 2.81. The molecule has 2 amide bonds. The third-order valence-corrected chi connectivity index (χ3v) is 4.92. The molecule has 3 rings (SSSR count). The van der Waals surface area contributed by atoms with Gasteiger partial charge in [0.05, 0.1) is 0 Å². The number of urea groups is 1. The number of aromatic nitrogens is 1. The smallest absolute Gasteiger partial charge is 0.437 e. The molecule has 3 aromatic rings. The molecule has 0 aliphatic heterocycles. The fourth-order valence-corrected chi connectivity index (χ4v) is 3.42. The van der Waals surface area contributed by atoms with Crippen molar-refractivity contribution in [2.24, 2.45) is 0 Å². The minimum absolute atomic E-state index is 0.0635. The summed E-state index contributed by atoms with van der Waals surface area (Å²) in [6.07, 6.45) is 0.360. The number of pyridine rings is 1. The van der Waals surface area contributed by atoms with Gasteiger partial charge in [0.2, 0.25) is 5.88 Å². The molecular formula is C26H24F3N3O4. The maximum absolute atomic E-state index is 12.5. The molecule has 3 N–H and O–H groups in total. The summed E-state index contributed by atoms with van der Waals surface area (Å²) in [5.74, 6) is -0.0253. The lowest BCUT2D eigenvalue weighted by molar-refractivity contribution is -0.274. The van der Waals surface area contributed by atoms with Crippen molar-refractivity contribution in [2.45, 2.75) is 24.8 Å². The van der Waals surface area contributed by atoms with Gasteiger partial charge in [-0.1, -0.05) is 30.4 Å². The summed E-state index contributed by atoms with van der Waals surface area (Å²) in [5, 5.41) is 16.3. The number of hydrogen-bond acceptors (Lipinski definition) is 5. The Hall–Kier alpha value is -4.31. The van der Waals surface area contributed by atoms with Crippen molar-refractivity contribution in [1.29, 1.82) is 0 Å². The lowest BCUT2D eigenvalue weighted by atomic mass is 9.86. The van der Waals surface area contributed by atoms with Crippen molar-refractivity contribution in [3.63, 3.8) is 0 Å². The third kappa shape index (κ3) is 7.09. The number of alkyl halides is 3. The third-order valence-electron chi connectivity index (χ3n) is 4.92. The Morgan fingerprint density at radius 2 is 1.64 bits per heavy atom. The van der Waals surface area contributed by atoms with Gasteiger partial charge in [0, 0.05) is 17.4 Å². The predicted molar refractivity (Wildman–Crippen MR) is 130 cm³/mol. The zero-order valence-corrected chi connectivity index (χ0v) is 19.1. The van der Waals surface area contributed by atoms with Crippen LogP contribution < -0.4 is 20.1 Å². The number of hydrogen-bond donors (Lipinski definition) is 3. The Bertz CT molecular complexity index is 1200. The lowest BCUT2D eigenvalue weighted by Crippen LogP contribution is -2.25. The molecule has 2 aromatic carbocycles. The first-order chi connectivity index (χ1) is 17.1. The van der Waals surface area contributed by atoms with E-state index >= 15 is 0 Å². The number of aliphatic hydroxyl groups is 1. The van der Waals surface area contributed by atoms with Crippen LogP contribution in [0.2, 0.25) is 0 Å². The molecule has 0 aliphatic rings. The zero-order valence-electron chi connectivity index (χ0n) is 19.1. The van der Waals surface area contributed by atoms with Gasteiger partial charge in [-0.2, -0.15) is 0 Å². The van der Waals surface area contributed by atoms with Gasteiger partial charge in [0.15, 0.2) is 0 Å². The Morgan fingerprint density at radius 3 is 2.28 bits per heavy atom. The first kappa shape index (κ1) is 26.3. The summed E-state index contributed by atoms with van der Waals surface area (Å²) in [5.41, 5.74) is -0.357. The van der Waals surface area contributed by atoms with E-state index in [2.05, 4.69) is 33.5 Å². The minimum Gasteiger partial charge on any atom is -0.437 e. The van der Waals surface area contributed by atoms with Crippen molar-refractivity contribution < 1.29 is 32.5 Å². The van der Waals surface area contributed by atoms with Gasteiger partial charge in [-0.3, -0.25) is 0 Å². The monoisotopic (exact) mass is 499 g/mol. The van der Waals surface area contributed by atoms with Crippen LogP contribution in [0.25, 0.3) is 0 Å². The van der Waals surface area contributed by atoms with Crippen LogP contribution in [0.5, 0.6) is 17.4 Å². The van der Waals surface area contributed by atoms with Crippen molar-refractivity contribution in [2.75, 3.05) is 10.6 Å². The highest BCUT2D eigenvalue weighted by atomic mass is 19.4. The van der Waals surface area contributed by atoms with Crippen LogP contribution in [-0.2, 0) is 5.60 Å². The van der Waals surface area contributed by atoms with Gasteiger partial charge in [-0.05, 0) is 55.3 Å². The van der Waals surface area contributed by atoms with E-state index in [-0.39, 0.29) is 30.1 Å². The summed E-state index contributed by atoms with van der Waals surface area (Å²) in [7, 11) is 0. The molecular weight excluding hydrogens is 475 g/mol. The molecule has 36 heavy (non-hydrogen) atoms. The molecule has 0 radical (unpaired) electrons. The quantitative estimate of drug-likeness (QED) is 0.268. The summed E-state index contributed by atoms with van der Waals surface area (Å²) >= 11 is 0. The van der Waals surface area contributed by atoms with Crippen LogP contribution in [0, 0.1) is 0 Å². The summed E-state index contributed by atoms with van der Waals surface area (Å²) in [6, 6.07) is 14.0. The molecule has 0 bridgehead atoms. The molecule has 1 heterocycles. The summed E-state index contributed by atoms with van der Waals surface area (Å²) in [6.45, 7) is 7.42. The molecule has 7 nitrogen and oxygen atoms in total. The van der Waals surface area contributed by atoms with E-state index in [1.807, 2.05) is 0 Å². The highest BCUT2D eigenvalue weighted by Gasteiger charge is 2.31. The van der Waals surface area contributed by atoms with Crippen molar-refractivity contribution in [3.8, 4) is 17.4 Å². The van der Waals surface area contributed by atoms with Crippen LogP contribution in [0.3, 0.4) is 0 Å². The predicted octanol–water partition coefficient (Wildman–Crippen LogP) is 6.76. The number of rotatable bonds is 10. The SMILES string of the molecule is C=CCC(O)(CC=C)c1ccccc1Oc1ncccc1NC(=O)Nc1ccc(OC(F)(F)F)cc1. The molecule has 188 valence electrons. The number of carbonyl (C=O) groups is 1. The normalized spacial score (nSPS) is 11.3. The van der Waals surface area contributed by atoms with E-state index in [4.69, 9.17) is 4.74 Å². The fourth-order valence-electron chi connectivity index (χ4n) is 3.42. The lowest BCUT2D eigenvalue weighted by Gasteiger charge is -2.28. The molecule has 0 unspecified atom stereocenters. The summed E-state index contributed by atoms with van der Waals surface area (Å²) in [4.78, 5) is 16.7. The minimum atomic E-state index is -4.81. The topological polar surface area (TPSA) is 92.7 Å². The second-order valence-electron chi connectivity index (χ2n) is 7.62. The second-order valence-corrected chi connectivity index (χ2v) is 7.62. The van der Waals surface area contributed by atoms with Crippen molar-refractivity contribution in [1.82, 2.24) is 4.98 Å². The fraction of sp³-hybridized carbons (Fsp3) is 0.154. The Labute approximate surface area is 205 Å². The Morgan fingerprint density at radius 1 is 0.972 bits per heavy atom. The standard InChI is InChI=1S/C26H24F3N3O4/c1-3-15-25(34,16-4-2)20-8-5-6-10-22(20)35-23-21(9-7-17-30-23)32-24(33)31-18-11-13-19(14-12-18)36-26(27,28)29/h3-14,17,34H,1-2,15-16H2,(H2,31,32,33). The molecule has 0 saturated carbocycles. The van der Waals surface area contributed by atoms with Crippen LogP contribution in [0.1, 0.15) is 18.4 Å². The number of amides is 2. The number of nitrogens with one attached hydrogen (secondary N) is 2. The van der Waals surface area contributed by atoms with Gasteiger partial charge in [-0.25, -0.2) is 9.78 Å². The number of carbonyl (C=O) groups excluding carboxylic acids is 1. The van der Waals surface area contributed by atoms with E-state index in [1.165, 1.54) is 18.3 Å². The molecule has 10 heteroatoms. The van der Waals surface area contributed by atoms with Gasteiger partial charge in [0.25, 0.3) is 0 Å². The highest BCUT2D eigenvalue weighted by Crippen LogP contribution is 2.39. The number of ether oxygens (including phenoxy) is 2. The molecule has 0 saturated heterocycles. The maximum atomic E-state index is 12.5. The number of benzene rings is 2. The van der Waals surface area contributed by atoms with E-state index in [0.717, 1.165) is 12.1 Å². The zero-order chi connectivity index (χ0) is 26.2. The van der Waals surface area contributed by atoms with Gasteiger partial charge in [-0.15, -0.1) is 26.3 Å². The first-order valence-electron chi connectivity index (χ1n) is 10.7. The number of halogens is 3. The number of para-hydroxylation sites is 1. The molecule has 0 aliphatic carbocycles. The van der Waals surface area contributed by atoms with Crippen LogP contribution in [-0.4, -0.2) is 22.5 Å². The van der Waals surface area contributed by atoms with E-state index in [0.29, 0.717) is 11.3 Å². The van der Waals surface area contributed by atoms with E-state index in [9.17, 15) is 23.1 Å². The highest BCUT2D eigenvalue weighted by molar-refractivity contribution is 6.00. The van der Waals surface area contributed by atoms with Crippen LogP contribution in [0.15, 0.2) is 92.2 Å². The van der Waals surface area contributed by atoms with E-state index < -0.39 is 23.7 Å². The van der Waals surface area contributed by atoms with Crippen LogP contribution >= 0.6 is 0 Å². The van der Waals surface area contributed by atoms with E-state index in [1.54, 1.807) is 48.6 Å². The Balaban J connectivity index is 1.77. The van der Waals surface area contributed by atoms with Crippen molar-refractivity contribution >= 4 is 17.4 Å². The molecule has 0 spiro atoms.